The number of Topliss-reactive ketones (excluding diaryl/α,β-unsaturated/α-hetero) is 1. The first kappa shape index (κ1) is 9.37. The van der Waals surface area contributed by atoms with E-state index in [1.807, 2.05) is 0 Å². The Morgan fingerprint density at radius 1 is 1.36 bits per heavy atom. The normalized spacial score (nSPS) is 37.8. The first-order valence-electron chi connectivity index (χ1n) is 4.81. The zero-order valence-corrected chi connectivity index (χ0v) is 8.13. The van der Waals surface area contributed by atoms with Gasteiger partial charge in [0, 0.05) is 5.41 Å². The van der Waals surface area contributed by atoms with Gasteiger partial charge in [0.15, 0.2) is 5.78 Å². The van der Waals surface area contributed by atoms with Crippen LogP contribution in [-0.2, 0) is 14.3 Å². The van der Waals surface area contributed by atoms with Gasteiger partial charge in [-0.1, -0.05) is 0 Å². The number of carbonyl (C=O) groups is 2. The standard InChI is InChI=1S/C10H13NO3/c1-2-14-8(13)10-4-9(5-10,6-10)7(12)3-11/h3,11H,2,4-6H2,1H3/t9-,10+. The number of ether oxygens (including phenoxy) is 1. The van der Waals surface area contributed by atoms with Gasteiger partial charge < -0.3 is 10.1 Å². The van der Waals surface area contributed by atoms with Crippen molar-refractivity contribution in [3.63, 3.8) is 0 Å². The summed E-state index contributed by atoms with van der Waals surface area (Å²) in [7, 11) is 0. The molecule has 0 aromatic heterocycles. The fourth-order valence-corrected chi connectivity index (χ4v) is 2.70. The van der Waals surface area contributed by atoms with Crippen LogP contribution in [0.15, 0.2) is 0 Å². The van der Waals surface area contributed by atoms with E-state index in [9.17, 15) is 9.59 Å². The van der Waals surface area contributed by atoms with E-state index in [4.69, 9.17) is 10.1 Å². The molecule has 2 bridgehead atoms. The molecule has 4 nitrogen and oxygen atoms in total. The summed E-state index contributed by atoms with van der Waals surface area (Å²) in [5, 5.41) is 6.89. The number of hydrogen-bond acceptors (Lipinski definition) is 4. The van der Waals surface area contributed by atoms with Crippen molar-refractivity contribution in [2.24, 2.45) is 10.8 Å². The van der Waals surface area contributed by atoms with E-state index in [1.165, 1.54) is 0 Å². The Kier molecular flexibility index (Phi) is 1.77. The van der Waals surface area contributed by atoms with Crippen molar-refractivity contribution in [1.82, 2.24) is 0 Å². The van der Waals surface area contributed by atoms with Crippen LogP contribution in [0.1, 0.15) is 26.2 Å². The molecule has 3 aliphatic rings. The zero-order valence-electron chi connectivity index (χ0n) is 8.13. The Morgan fingerprint density at radius 3 is 2.36 bits per heavy atom. The average molecular weight is 195 g/mol. The van der Waals surface area contributed by atoms with Gasteiger partial charge in [-0.2, -0.15) is 0 Å². The molecule has 14 heavy (non-hydrogen) atoms. The molecule has 0 spiro atoms. The number of hydrogen-bond donors (Lipinski definition) is 1. The van der Waals surface area contributed by atoms with Crippen LogP contribution in [0.25, 0.3) is 0 Å². The number of esters is 1. The van der Waals surface area contributed by atoms with Crippen LogP contribution >= 0.6 is 0 Å². The van der Waals surface area contributed by atoms with Gasteiger partial charge in [-0.3, -0.25) is 9.59 Å². The number of nitrogens with one attached hydrogen (secondary N) is 1. The second kappa shape index (κ2) is 2.65. The molecule has 0 radical (unpaired) electrons. The Labute approximate surface area is 82.1 Å². The van der Waals surface area contributed by atoms with Crippen molar-refractivity contribution >= 4 is 18.0 Å². The van der Waals surface area contributed by atoms with Crippen LogP contribution in [0.3, 0.4) is 0 Å². The minimum absolute atomic E-state index is 0.135. The van der Waals surface area contributed by atoms with Crippen LogP contribution in [-0.4, -0.2) is 24.6 Å². The lowest BCUT2D eigenvalue weighted by atomic mass is 9.34. The van der Waals surface area contributed by atoms with Crippen molar-refractivity contribution in [3.05, 3.63) is 0 Å². The molecule has 3 fully saturated rings. The Morgan fingerprint density at radius 2 is 1.93 bits per heavy atom. The van der Waals surface area contributed by atoms with Crippen molar-refractivity contribution in [1.29, 1.82) is 5.41 Å². The highest BCUT2D eigenvalue weighted by molar-refractivity contribution is 6.30. The molecule has 0 saturated heterocycles. The van der Waals surface area contributed by atoms with Gasteiger partial charge in [-0.05, 0) is 26.2 Å². The molecule has 0 aromatic rings. The molecular weight excluding hydrogens is 182 g/mol. The fraction of sp³-hybridized carbons (Fsp3) is 0.700. The summed E-state index contributed by atoms with van der Waals surface area (Å²) < 4.78 is 4.94. The minimum atomic E-state index is -0.367. The summed E-state index contributed by atoms with van der Waals surface area (Å²) in [6.07, 6.45) is 2.64. The van der Waals surface area contributed by atoms with Crippen LogP contribution in [0, 0.1) is 16.2 Å². The third-order valence-corrected chi connectivity index (χ3v) is 3.39. The SMILES string of the molecule is CCOC(=O)[C@]12C[C@](C(=O)C=N)(C1)C2. The Balaban J connectivity index is 1.97. The molecule has 3 rings (SSSR count). The van der Waals surface area contributed by atoms with E-state index in [0.29, 0.717) is 25.9 Å². The van der Waals surface area contributed by atoms with Crippen LogP contribution in [0.4, 0.5) is 0 Å². The summed E-state index contributed by atoms with van der Waals surface area (Å²) in [4.78, 5) is 22.7. The topological polar surface area (TPSA) is 67.2 Å². The first-order chi connectivity index (χ1) is 6.58. The van der Waals surface area contributed by atoms with Crippen LogP contribution in [0.2, 0.25) is 0 Å². The van der Waals surface area contributed by atoms with Gasteiger partial charge in [-0.25, -0.2) is 0 Å². The quantitative estimate of drug-likeness (QED) is 0.536. The summed E-state index contributed by atoms with van der Waals surface area (Å²) in [6, 6.07) is 0. The smallest absolute Gasteiger partial charge is 0.312 e. The molecule has 0 atom stereocenters. The molecule has 0 amide bonds. The molecule has 3 aliphatic carbocycles. The van der Waals surface area contributed by atoms with Crippen LogP contribution in [0.5, 0.6) is 0 Å². The monoisotopic (exact) mass is 195 g/mol. The van der Waals surface area contributed by atoms with Crippen LogP contribution < -0.4 is 0 Å². The highest BCUT2D eigenvalue weighted by Gasteiger charge is 2.74. The number of carbonyl (C=O) groups excluding carboxylic acids is 2. The second-order valence-electron chi connectivity index (χ2n) is 4.32. The third kappa shape index (κ3) is 0.910. The number of rotatable bonds is 4. The Hall–Kier alpha value is -1.19. The lowest BCUT2D eigenvalue weighted by molar-refractivity contribution is -0.219. The zero-order chi connectivity index (χ0) is 10.4. The molecule has 0 aliphatic heterocycles. The first-order valence-corrected chi connectivity index (χ1v) is 4.81. The molecule has 0 heterocycles. The van der Waals surface area contributed by atoms with E-state index in [2.05, 4.69) is 0 Å². The highest BCUT2D eigenvalue weighted by Crippen LogP contribution is 2.73. The molecule has 1 N–H and O–H groups in total. The maximum atomic E-state index is 11.4. The molecule has 4 heteroatoms. The van der Waals surface area contributed by atoms with Gasteiger partial charge in [-0.15, -0.1) is 0 Å². The predicted octanol–water partition coefficient (Wildman–Crippen LogP) is 0.938. The average Bonchev–Trinajstić information content (AvgIpc) is 1.99. The van der Waals surface area contributed by atoms with Crippen molar-refractivity contribution in [2.75, 3.05) is 6.61 Å². The van der Waals surface area contributed by atoms with E-state index >= 15 is 0 Å². The second-order valence-corrected chi connectivity index (χ2v) is 4.32. The van der Waals surface area contributed by atoms with Gasteiger partial charge in [0.05, 0.1) is 18.2 Å². The van der Waals surface area contributed by atoms with Gasteiger partial charge >= 0.3 is 5.97 Å². The maximum absolute atomic E-state index is 11.4. The summed E-state index contributed by atoms with van der Waals surface area (Å²) >= 11 is 0. The van der Waals surface area contributed by atoms with E-state index in [1.54, 1.807) is 6.92 Å². The van der Waals surface area contributed by atoms with Gasteiger partial charge in [0.2, 0.25) is 0 Å². The maximum Gasteiger partial charge on any atom is 0.312 e. The number of ketones is 1. The summed E-state index contributed by atoms with van der Waals surface area (Å²) in [5.74, 6) is -0.302. The largest absolute Gasteiger partial charge is 0.466 e. The molecule has 0 unspecified atom stereocenters. The van der Waals surface area contributed by atoms with Gasteiger partial charge in [0.1, 0.15) is 0 Å². The van der Waals surface area contributed by atoms with Crippen molar-refractivity contribution in [2.45, 2.75) is 26.2 Å². The van der Waals surface area contributed by atoms with E-state index in [-0.39, 0.29) is 22.6 Å². The predicted molar refractivity (Wildman–Crippen MR) is 49.1 cm³/mol. The molecule has 76 valence electrons. The highest BCUT2D eigenvalue weighted by atomic mass is 16.5. The van der Waals surface area contributed by atoms with E-state index in [0.717, 1.165) is 6.21 Å². The lowest BCUT2D eigenvalue weighted by Gasteiger charge is -2.66. The van der Waals surface area contributed by atoms with Crippen molar-refractivity contribution in [3.8, 4) is 0 Å². The summed E-state index contributed by atoms with van der Waals surface area (Å²) in [5.41, 5.74) is -0.733. The fourth-order valence-electron chi connectivity index (χ4n) is 2.70. The molecular formula is C10H13NO3. The van der Waals surface area contributed by atoms with Crippen molar-refractivity contribution < 1.29 is 14.3 Å². The third-order valence-electron chi connectivity index (χ3n) is 3.39. The Bertz CT molecular complexity index is 302. The summed E-state index contributed by atoms with van der Waals surface area (Å²) in [6.45, 7) is 2.17. The lowest BCUT2D eigenvalue weighted by Crippen LogP contribution is -2.69. The minimum Gasteiger partial charge on any atom is -0.466 e. The van der Waals surface area contributed by atoms with E-state index < -0.39 is 0 Å². The molecule has 3 saturated carbocycles. The molecule has 0 aromatic carbocycles. The van der Waals surface area contributed by atoms with Gasteiger partial charge in [0.25, 0.3) is 0 Å².